The van der Waals surface area contributed by atoms with Crippen molar-refractivity contribution in [2.45, 2.75) is 36.0 Å². The molecule has 0 spiro atoms. The maximum absolute atomic E-state index is 2.69. The number of thioether (sulfide) groups is 2. The highest BCUT2D eigenvalue weighted by molar-refractivity contribution is 7.99. The molecule has 56 heavy (non-hydrogen) atoms. The Morgan fingerprint density at radius 2 is 0.732 bits per heavy atom. The first-order chi connectivity index (χ1) is 27.7. The van der Waals surface area contributed by atoms with Crippen LogP contribution in [0.25, 0.3) is 64.6 Å². The molecule has 0 bridgehead atoms. The lowest BCUT2D eigenvalue weighted by molar-refractivity contribution is 0.270. The fourth-order valence-electron chi connectivity index (χ4n) is 9.38. The van der Waals surface area contributed by atoms with Crippen LogP contribution in [0.3, 0.4) is 0 Å². The zero-order valence-electron chi connectivity index (χ0n) is 31.4. The molecule has 1 heterocycles. The first-order valence-corrected chi connectivity index (χ1v) is 21.9. The van der Waals surface area contributed by atoms with Crippen LogP contribution in [-0.2, 0) is 26.2 Å². The van der Waals surface area contributed by atoms with Crippen LogP contribution in [0.5, 0.6) is 0 Å². The van der Waals surface area contributed by atoms with Gasteiger partial charge in [-0.05, 0) is 99.0 Å². The zero-order valence-corrected chi connectivity index (χ0v) is 33.0. The van der Waals surface area contributed by atoms with Gasteiger partial charge in [0.05, 0.1) is 0 Å². The van der Waals surface area contributed by atoms with E-state index in [1.165, 1.54) is 96.7 Å². The van der Waals surface area contributed by atoms with Gasteiger partial charge in [0.2, 0.25) is 0 Å². The van der Waals surface area contributed by atoms with Crippen molar-refractivity contribution >= 4 is 88.2 Å². The molecule has 0 radical (unpaired) electrons. The SMILES string of the molecule is c1ccc2c(c1)CN(Cc1ccc3ccc4cccc5ccc1c3c45)CCSc1ccccc1CN(Cc1ccc3ccc4cccc5ccc1c3c45)CCS2. The Morgan fingerprint density at radius 1 is 0.357 bits per heavy atom. The maximum Gasteiger partial charge on any atom is 0.0248 e. The summed E-state index contributed by atoms with van der Waals surface area (Å²) in [5.74, 6) is 2.07. The lowest BCUT2D eigenvalue weighted by atomic mass is 9.92. The molecule has 2 nitrogen and oxygen atoms in total. The molecule has 10 aromatic rings. The van der Waals surface area contributed by atoms with Gasteiger partial charge >= 0.3 is 0 Å². The van der Waals surface area contributed by atoms with E-state index in [-0.39, 0.29) is 0 Å². The lowest BCUT2D eigenvalue weighted by Gasteiger charge is -2.27. The van der Waals surface area contributed by atoms with Crippen molar-refractivity contribution in [3.8, 4) is 0 Å². The van der Waals surface area contributed by atoms with E-state index < -0.39 is 0 Å². The summed E-state index contributed by atoms with van der Waals surface area (Å²) in [6.45, 7) is 5.71. The summed E-state index contributed by atoms with van der Waals surface area (Å²) in [6, 6.07) is 59.6. The van der Waals surface area contributed by atoms with Gasteiger partial charge in [-0.2, -0.15) is 0 Å². The van der Waals surface area contributed by atoms with E-state index in [0.29, 0.717) is 0 Å². The quantitative estimate of drug-likeness (QED) is 0.165. The largest absolute Gasteiger partial charge is 0.294 e. The summed E-state index contributed by atoms with van der Waals surface area (Å²) in [5, 5.41) is 16.3. The van der Waals surface area contributed by atoms with Crippen molar-refractivity contribution < 1.29 is 0 Å². The average molecular weight is 759 g/mol. The fraction of sp³-hybridized carbons (Fsp3) is 0.154. The van der Waals surface area contributed by atoms with Gasteiger partial charge < -0.3 is 0 Å². The monoisotopic (exact) mass is 758 g/mol. The van der Waals surface area contributed by atoms with Crippen LogP contribution in [0.1, 0.15) is 22.3 Å². The second-order valence-electron chi connectivity index (χ2n) is 15.5. The Labute approximate surface area is 336 Å². The summed E-state index contributed by atoms with van der Waals surface area (Å²) >= 11 is 4.04. The minimum Gasteiger partial charge on any atom is -0.294 e. The summed E-state index contributed by atoms with van der Waals surface area (Å²) in [5.41, 5.74) is 5.68. The van der Waals surface area contributed by atoms with Crippen LogP contribution in [0.2, 0.25) is 0 Å². The van der Waals surface area contributed by atoms with Gasteiger partial charge in [-0.1, -0.05) is 146 Å². The molecule has 0 amide bonds. The minimum atomic E-state index is 0.919. The van der Waals surface area contributed by atoms with E-state index in [1.54, 1.807) is 0 Å². The van der Waals surface area contributed by atoms with Gasteiger partial charge in [-0.3, -0.25) is 9.80 Å². The van der Waals surface area contributed by atoms with Crippen molar-refractivity contribution in [3.05, 3.63) is 180 Å². The molecule has 1 aliphatic heterocycles. The van der Waals surface area contributed by atoms with Crippen LogP contribution in [0.15, 0.2) is 168 Å². The Kier molecular flexibility index (Phi) is 8.81. The van der Waals surface area contributed by atoms with Crippen molar-refractivity contribution in [2.75, 3.05) is 24.6 Å². The second kappa shape index (κ2) is 14.4. The highest BCUT2D eigenvalue weighted by Crippen LogP contribution is 2.39. The van der Waals surface area contributed by atoms with E-state index in [2.05, 4.69) is 168 Å². The molecule has 0 aromatic heterocycles. The van der Waals surface area contributed by atoms with Crippen LogP contribution < -0.4 is 0 Å². The fourth-order valence-corrected chi connectivity index (χ4v) is 11.5. The topological polar surface area (TPSA) is 6.48 Å². The van der Waals surface area contributed by atoms with Crippen LogP contribution >= 0.6 is 23.5 Å². The van der Waals surface area contributed by atoms with Gasteiger partial charge in [0, 0.05) is 60.6 Å². The molecule has 0 N–H and O–H groups in total. The Bertz CT molecular complexity index is 2790. The van der Waals surface area contributed by atoms with Crippen molar-refractivity contribution in [1.29, 1.82) is 0 Å². The van der Waals surface area contributed by atoms with Crippen molar-refractivity contribution in [2.24, 2.45) is 0 Å². The molecular formula is C52H42N2S2. The highest BCUT2D eigenvalue weighted by atomic mass is 32.2. The predicted octanol–water partition coefficient (Wildman–Crippen LogP) is 13.4. The molecule has 11 rings (SSSR count). The molecule has 0 unspecified atom stereocenters. The number of benzene rings is 10. The number of nitrogens with zero attached hydrogens (tertiary/aromatic N) is 2. The van der Waals surface area contributed by atoms with E-state index in [1.807, 2.05) is 23.5 Å². The molecule has 10 aromatic carbocycles. The molecule has 0 aliphatic carbocycles. The number of rotatable bonds is 4. The zero-order chi connectivity index (χ0) is 37.0. The van der Waals surface area contributed by atoms with Crippen LogP contribution in [-0.4, -0.2) is 34.4 Å². The normalized spacial score (nSPS) is 15.3. The maximum atomic E-state index is 2.69. The van der Waals surface area contributed by atoms with Crippen molar-refractivity contribution in [1.82, 2.24) is 9.80 Å². The molecule has 272 valence electrons. The van der Waals surface area contributed by atoms with E-state index >= 15 is 0 Å². The molecular weight excluding hydrogens is 717 g/mol. The summed E-state index contributed by atoms with van der Waals surface area (Å²) in [7, 11) is 0. The third-order valence-corrected chi connectivity index (χ3v) is 14.3. The molecule has 0 saturated carbocycles. The minimum absolute atomic E-state index is 0.919. The molecule has 0 saturated heterocycles. The number of fused-ring (bicyclic) bond motifs is 2. The Morgan fingerprint density at radius 3 is 1.18 bits per heavy atom. The predicted molar refractivity (Wildman–Crippen MR) is 243 cm³/mol. The molecule has 1 aliphatic rings. The third-order valence-electron chi connectivity index (χ3n) is 12.1. The van der Waals surface area contributed by atoms with Gasteiger partial charge in [0.1, 0.15) is 0 Å². The smallest absolute Gasteiger partial charge is 0.0248 e. The van der Waals surface area contributed by atoms with Crippen molar-refractivity contribution in [3.63, 3.8) is 0 Å². The number of hydrogen-bond acceptors (Lipinski definition) is 4. The first-order valence-electron chi connectivity index (χ1n) is 19.9. The van der Waals surface area contributed by atoms with Crippen LogP contribution in [0, 0.1) is 0 Å². The summed E-state index contributed by atoms with van der Waals surface area (Å²) in [6.07, 6.45) is 0. The first kappa shape index (κ1) is 34.2. The van der Waals surface area contributed by atoms with Crippen LogP contribution in [0.4, 0.5) is 0 Å². The Balaban J connectivity index is 0.915. The number of hydrogen-bond donors (Lipinski definition) is 0. The standard InChI is InChI=1S/C52H42N2S2/c1-3-13-47-43(7-1)33-53(31-41-21-19-39-17-15-35-9-5-11-37-23-25-45(41)51(39)49(35)37)27-30-56-48-14-4-2-8-44(48)34-54(28-29-55-47)32-42-22-20-40-18-16-36-10-6-12-38-24-26-46(42)52(40)50(36)38/h1-26H,27-34H2. The molecule has 0 atom stereocenters. The molecule has 0 fully saturated rings. The molecule has 4 heteroatoms. The third kappa shape index (κ3) is 6.17. The highest BCUT2D eigenvalue weighted by Gasteiger charge is 2.19. The average Bonchev–Trinajstić information content (AvgIpc) is 3.24. The van der Waals surface area contributed by atoms with E-state index in [4.69, 9.17) is 0 Å². The van der Waals surface area contributed by atoms with E-state index in [9.17, 15) is 0 Å². The van der Waals surface area contributed by atoms with Gasteiger partial charge in [0.15, 0.2) is 0 Å². The lowest BCUT2D eigenvalue weighted by Crippen LogP contribution is -2.27. The van der Waals surface area contributed by atoms with Gasteiger partial charge in [0.25, 0.3) is 0 Å². The summed E-state index contributed by atoms with van der Waals surface area (Å²) < 4.78 is 0. The van der Waals surface area contributed by atoms with Gasteiger partial charge in [-0.15, -0.1) is 23.5 Å². The van der Waals surface area contributed by atoms with Gasteiger partial charge in [-0.25, -0.2) is 0 Å². The second-order valence-corrected chi connectivity index (χ2v) is 17.8. The summed E-state index contributed by atoms with van der Waals surface area (Å²) in [4.78, 5) is 8.18. The Hall–Kier alpha value is -5.10. The van der Waals surface area contributed by atoms with E-state index in [0.717, 1.165) is 50.8 Å².